The van der Waals surface area contributed by atoms with Gasteiger partial charge in [0.2, 0.25) is 10.8 Å². The van der Waals surface area contributed by atoms with E-state index < -0.39 is 0 Å². The quantitative estimate of drug-likeness (QED) is 0.774. The van der Waals surface area contributed by atoms with Crippen molar-refractivity contribution in [3.05, 3.63) is 45.6 Å². The highest BCUT2D eigenvalue weighted by Gasteiger charge is 2.30. The molecular weight excluding hydrogens is 348 g/mol. The van der Waals surface area contributed by atoms with Gasteiger partial charge in [0.15, 0.2) is 0 Å². The normalized spacial score (nSPS) is 17.4. The van der Waals surface area contributed by atoms with E-state index in [1.54, 1.807) is 0 Å². The Labute approximate surface area is 148 Å². The summed E-state index contributed by atoms with van der Waals surface area (Å²) in [5.74, 6) is 0.792. The van der Waals surface area contributed by atoms with Gasteiger partial charge in [-0.2, -0.15) is 4.52 Å². The molecule has 1 aromatic carbocycles. The van der Waals surface area contributed by atoms with Crippen molar-refractivity contribution in [3.63, 3.8) is 0 Å². The molecule has 6 nitrogen and oxygen atoms in total. The van der Waals surface area contributed by atoms with Crippen molar-refractivity contribution in [3.8, 4) is 5.88 Å². The topological polar surface area (TPSA) is 62.9 Å². The number of hydrogen-bond acceptors (Lipinski definition) is 6. The average molecular weight is 365 g/mol. The summed E-state index contributed by atoms with van der Waals surface area (Å²) in [6, 6.07) is 7.67. The second-order valence-electron chi connectivity index (χ2n) is 5.75. The van der Waals surface area contributed by atoms with Gasteiger partial charge in [0.25, 0.3) is 0 Å². The predicted octanol–water partition coefficient (Wildman–Crippen LogP) is 2.88. The van der Waals surface area contributed by atoms with E-state index >= 15 is 0 Å². The standard InChI is InChI=1S/C16H17ClN4O2S/c1-10-18-16-21(19-10)15(22)14(24-16)13(20-5-7-23-8-6-20)11-3-2-4-12(17)9-11/h2-4,9,13,22H,5-8H2,1H3. The van der Waals surface area contributed by atoms with Crippen LogP contribution in [0.25, 0.3) is 4.96 Å². The third-order valence-corrected chi connectivity index (χ3v) is 5.44. The fraction of sp³-hybridized carbons (Fsp3) is 0.375. The Balaban J connectivity index is 1.84. The van der Waals surface area contributed by atoms with E-state index in [2.05, 4.69) is 15.0 Å². The zero-order valence-electron chi connectivity index (χ0n) is 13.1. The van der Waals surface area contributed by atoms with Gasteiger partial charge in [0.1, 0.15) is 5.82 Å². The molecule has 1 atom stereocenters. The summed E-state index contributed by atoms with van der Waals surface area (Å²) in [5.41, 5.74) is 1.04. The second kappa shape index (κ2) is 6.33. The Bertz CT molecular complexity index is 872. The predicted molar refractivity (Wildman–Crippen MR) is 93.0 cm³/mol. The number of morpholine rings is 1. The number of benzene rings is 1. The van der Waals surface area contributed by atoms with Gasteiger partial charge in [-0.3, -0.25) is 4.90 Å². The zero-order valence-corrected chi connectivity index (χ0v) is 14.7. The van der Waals surface area contributed by atoms with Gasteiger partial charge < -0.3 is 9.84 Å². The maximum Gasteiger partial charge on any atom is 0.230 e. The van der Waals surface area contributed by atoms with Gasteiger partial charge >= 0.3 is 0 Å². The van der Waals surface area contributed by atoms with Crippen molar-refractivity contribution in [1.82, 2.24) is 19.5 Å². The summed E-state index contributed by atoms with van der Waals surface area (Å²) in [7, 11) is 0. The summed E-state index contributed by atoms with van der Waals surface area (Å²) >= 11 is 7.66. The van der Waals surface area contributed by atoms with Crippen molar-refractivity contribution in [2.24, 2.45) is 0 Å². The van der Waals surface area contributed by atoms with Crippen LogP contribution in [0.3, 0.4) is 0 Å². The summed E-state index contributed by atoms with van der Waals surface area (Å²) in [6.45, 7) is 4.76. The van der Waals surface area contributed by atoms with Crippen LogP contribution in [-0.2, 0) is 4.74 Å². The van der Waals surface area contributed by atoms with Crippen molar-refractivity contribution in [2.75, 3.05) is 26.3 Å². The van der Waals surface area contributed by atoms with Gasteiger partial charge in [0.05, 0.1) is 24.1 Å². The number of aromatic nitrogens is 3. The first-order valence-corrected chi connectivity index (χ1v) is 8.95. The van der Waals surface area contributed by atoms with E-state index in [1.807, 2.05) is 31.2 Å². The van der Waals surface area contributed by atoms with Crippen molar-refractivity contribution >= 4 is 27.9 Å². The highest BCUT2D eigenvalue weighted by Crippen LogP contribution is 2.40. The van der Waals surface area contributed by atoms with Crippen molar-refractivity contribution in [1.29, 1.82) is 0 Å². The molecule has 0 amide bonds. The molecule has 126 valence electrons. The smallest absolute Gasteiger partial charge is 0.230 e. The molecule has 0 spiro atoms. The Kier molecular flexibility index (Phi) is 4.17. The van der Waals surface area contributed by atoms with Gasteiger partial charge in [-0.05, 0) is 24.6 Å². The molecule has 2 aromatic heterocycles. The van der Waals surface area contributed by atoms with Crippen LogP contribution in [0.1, 0.15) is 22.3 Å². The molecule has 0 bridgehead atoms. The molecule has 1 saturated heterocycles. The van der Waals surface area contributed by atoms with Gasteiger partial charge in [-0.15, -0.1) is 5.10 Å². The molecular formula is C16H17ClN4O2S. The fourth-order valence-corrected chi connectivity index (χ4v) is 4.43. The molecule has 0 radical (unpaired) electrons. The van der Waals surface area contributed by atoms with Crippen LogP contribution in [0.2, 0.25) is 5.02 Å². The molecule has 1 aliphatic rings. The lowest BCUT2D eigenvalue weighted by Crippen LogP contribution is -2.39. The van der Waals surface area contributed by atoms with Crippen LogP contribution in [-0.4, -0.2) is 50.9 Å². The lowest BCUT2D eigenvalue weighted by Gasteiger charge is -2.34. The first-order valence-electron chi connectivity index (χ1n) is 7.76. The lowest BCUT2D eigenvalue weighted by atomic mass is 10.0. The van der Waals surface area contributed by atoms with Gasteiger partial charge in [-0.1, -0.05) is 35.1 Å². The number of fused-ring (bicyclic) bond motifs is 1. The van der Waals surface area contributed by atoms with Crippen LogP contribution in [0, 0.1) is 6.92 Å². The number of aromatic hydroxyl groups is 1. The third-order valence-electron chi connectivity index (χ3n) is 4.13. The Morgan fingerprint density at radius 1 is 1.33 bits per heavy atom. The number of halogens is 1. The van der Waals surface area contributed by atoms with E-state index in [1.165, 1.54) is 15.9 Å². The Hall–Kier alpha value is -1.67. The summed E-state index contributed by atoms with van der Waals surface area (Å²) in [5, 5.41) is 15.7. The maximum absolute atomic E-state index is 10.7. The maximum atomic E-state index is 10.7. The van der Waals surface area contributed by atoms with E-state index in [4.69, 9.17) is 16.3 Å². The molecule has 1 N–H and O–H groups in total. The summed E-state index contributed by atoms with van der Waals surface area (Å²) < 4.78 is 6.99. The second-order valence-corrected chi connectivity index (χ2v) is 7.19. The molecule has 0 saturated carbocycles. The zero-order chi connectivity index (χ0) is 16.7. The highest BCUT2D eigenvalue weighted by atomic mass is 35.5. The average Bonchev–Trinajstić information content (AvgIpc) is 3.07. The fourth-order valence-electron chi connectivity index (χ4n) is 3.07. The molecule has 3 heterocycles. The van der Waals surface area contributed by atoms with E-state index in [0.717, 1.165) is 23.5 Å². The minimum Gasteiger partial charge on any atom is -0.492 e. The van der Waals surface area contributed by atoms with Gasteiger partial charge in [-0.25, -0.2) is 4.98 Å². The van der Waals surface area contributed by atoms with E-state index in [-0.39, 0.29) is 11.9 Å². The third kappa shape index (κ3) is 2.77. The first kappa shape index (κ1) is 15.8. The summed E-state index contributed by atoms with van der Waals surface area (Å²) in [4.78, 5) is 8.20. The van der Waals surface area contributed by atoms with Gasteiger partial charge in [0, 0.05) is 18.1 Å². The molecule has 4 rings (SSSR count). The number of ether oxygens (including phenoxy) is 1. The van der Waals surface area contributed by atoms with E-state index in [0.29, 0.717) is 29.0 Å². The lowest BCUT2D eigenvalue weighted by molar-refractivity contribution is 0.0241. The highest BCUT2D eigenvalue weighted by molar-refractivity contribution is 7.17. The van der Waals surface area contributed by atoms with Crippen LogP contribution in [0.4, 0.5) is 0 Å². The SMILES string of the molecule is Cc1nc2sc(C(c3cccc(Cl)c3)N3CCOCC3)c(O)n2n1. The number of hydrogen-bond donors (Lipinski definition) is 1. The number of rotatable bonds is 3. The minimum atomic E-state index is -0.0959. The number of aryl methyl sites for hydroxylation is 1. The number of nitrogens with zero attached hydrogens (tertiary/aromatic N) is 4. The van der Waals surface area contributed by atoms with Crippen LogP contribution < -0.4 is 0 Å². The molecule has 8 heteroatoms. The largest absolute Gasteiger partial charge is 0.492 e. The van der Waals surface area contributed by atoms with Crippen LogP contribution >= 0.6 is 22.9 Å². The number of thiazole rings is 1. The van der Waals surface area contributed by atoms with Crippen LogP contribution in [0.15, 0.2) is 24.3 Å². The minimum absolute atomic E-state index is 0.0959. The molecule has 1 fully saturated rings. The molecule has 1 aliphatic heterocycles. The summed E-state index contributed by atoms with van der Waals surface area (Å²) in [6.07, 6.45) is 0. The van der Waals surface area contributed by atoms with E-state index in [9.17, 15) is 5.11 Å². The molecule has 1 unspecified atom stereocenters. The molecule has 24 heavy (non-hydrogen) atoms. The molecule has 3 aromatic rings. The van der Waals surface area contributed by atoms with Crippen LogP contribution in [0.5, 0.6) is 5.88 Å². The monoisotopic (exact) mass is 364 g/mol. The Morgan fingerprint density at radius 3 is 2.83 bits per heavy atom. The Morgan fingerprint density at radius 2 is 2.12 bits per heavy atom. The first-order chi connectivity index (χ1) is 11.6. The molecule has 0 aliphatic carbocycles. The van der Waals surface area contributed by atoms with Crippen molar-refractivity contribution < 1.29 is 9.84 Å². The van der Waals surface area contributed by atoms with Crippen molar-refractivity contribution in [2.45, 2.75) is 13.0 Å².